The minimum atomic E-state index is -0.447. The molecule has 18 heavy (non-hydrogen) atoms. The molecule has 1 fully saturated rings. The summed E-state index contributed by atoms with van der Waals surface area (Å²) in [6.07, 6.45) is 0. The lowest BCUT2D eigenvalue weighted by Gasteiger charge is -2.10. The van der Waals surface area contributed by atoms with Crippen molar-refractivity contribution in [1.29, 1.82) is 0 Å². The molecule has 1 aliphatic rings. The van der Waals surface area contributed by atoms with Gasteiger partial charge in [-0.3, -0.25) is 14.9 Å². The number of nitrogens with one attached hydrogen (secondary N) is 2. The fourth-order valence-electron chi connectivity index (χ4n) is 1.66. The number of hydrogen-bond acceptors (Lipinski definition) is 4. The first-order chi connectivity index (χ1) is 8.66. The summed E-state index contributed by atoms with van der Waals surface area (Å²) in [7, 11) is 0. The third-order valence-electron chi connectivity index (χ3n) is 2.74. The Hall–Kier alpha value is -1.53. The smallest absolute Gasteiger partial charge is 0.248 e. The van der Waals surface area contributed by atoms with E-state index in [9.17, 15) is 9.59 Å². The standard InChI is InChI=1S/C12H15N3O2S/c13-11(16)9-3-1-8(2-4-9)5-14-12(17)10-6-18-7-15-10/h1-4,10,15H,5-7H2,(H2,13,16)(H,14,17). The van der Waals surface area contributed by atoms with Crippen LogP contribution in [0.1, 0.15) is 15.9 Å². The molecule has 1 heterocycles. The van der Waals surface area contributed by atoms with Crippen molar-refractivity contribution < 1.29 is 9.59 Å². The van der Waals surface area contributed by atoms with Crippen molar-refractivity contribution in [1.82, 2.24) is 10.6 Å². The van der Waals surface area contributed by atoms with Gasteiger partial charge in [0.05, 0.1) is 6.04 Å². The van der Waals surface area contributed by atoms with Crippen LogP contribution in [-0.4, -0.2) is 29.5 Å². The van der Waals surface area contributed by atoms with Crippen LogP contribution in [-0.2, 0) is 11.3 Å². The second-order valence-electron chi connectivity index (χ2n) is 4.05. The SMILES string of the molecule is NC(=O)c1ccc(CNC(=O)C2CSCN2)cc1. The van der Waals surface area contributed by atoms with Crippen LogP contribution in [0.5, 0.6) is 0 Å². The number of thioether (sulfide) groups is 1. The second-order valence-corrected chi connectivity index (χ2v) is 5.08. The maximum Gasteiger partial charge on any atom is 0.248 e. The summed E-state index contributed by atoms with van der Waals surface area (Å²) in [5.74, 6) is 1.20. The van der Waals surface area contributed by atoms with Crippen LogP contribution in [0.4, 0.5) is 0 Å². The molecule has 0 saturated carbocycles. The number of hydrogen-bond donors (Lipinski definition) is 3. The summed E-state index contributed by atoms with van der Waals surface area (Å²) >= 11 is 1.71. The van der Waals surface area contributed by atoms with E-state index < -0.39 is 5.91 Å². The Bertz CT molecular complexity index is 441. The van der Waals surface area contributed by atoms with Crippen molar-refractivity contribution >= 4 is 23.6 Å². The topological polar surface area (TPSA) is 84.2 Å². The van der Waals surface area contributed by atoms with Gasteiger partial charge in [0.2, 0.25) is 11.8 Å². The summed E-state index contributed by atoms with van der Waals surface area (Å²) in [6, 6.07) is 6.80. The average Bonchev–Trinajstić information content (AvgIpc) is 2.90. The number of nitrogens with two attached hydrogens (primary N) is 1. The van der Waals surface area contributed by atoms with Gasteiger partial charge in [-0.2, -0.15) is 0 Å². The normalized spacial score (nSPS) is 18.6. The van der Waals surface area contributed by atoms with E-state index in [1.54, 1.807) is 36.0 Å². The molecule has 0 aromatic heterocycles. The minimum absolute atomic E-state index is 0.0129. The molecular formula is C12H15N3O2S. The Labute approximate surface area is 110 Å². The van der Waals surface area contributed by atoms with Gasteiger partial charge in [-0.25, -0.2) is 0 Å². The molecular weight excluding hydrogens is 250 g/mol. The summed E-state index contributed by atoms with van der Waals surface area (Å²) < 4.78 is 0. The van der Waals surface area contributed by atoms with Gasteiger partial charge in [0.1, 0.15) is 0 Å². The highest BCUT2D eigenvalue weighted by Crippen LogP contribution is 2.10. The summed E-state index contributed by atoms with van der Waals surface area (Å²) in [4.78, 5) is 22.6. The van der Waals surface area contributed by atoms with Gasteiger partial charge >= 0.3 is 0 Å². The molecule has 2 rings (SSSR count). The largest absolute Gasteiger partial charge is 0.366 e. The van der Waals surface area contributed by atoms with Crippen LogP contribution < -0.4 is 16.4 Å². The molecule has 1 saturated heterocycles. The molecule has 4 N–H and O–H groups in total. The Kier molecular flexibility index (Phi) is 4.22. The highest BCUT2D eigenvalue weighted by molar-refractivity contribution is 7.99. The van der Waals surface area contributed by atoms with Crippen LogP contribution in [0.3, 0.4) is 0 Å². The third-order valence-corrected chi connectivity index (χ3v) is 3.68. The number of benzene rings is 1. The fourth-order valence-corrected chi connectivity index (χ4v) is 2.60. The summed E-state index contributed by atoms with van der Waals surface area (Å²) in [6.45, 7) is 0.459. The highest BCUT2D eigenvalue weighted by Gasteiger charge is 2.21. The van der Waals surface area contributed by atoms with E-state index in [0.29, 0.717) is 12.1 Å². The van der Waals surface area contributed by atoms with E-state index in [-0.39, 0.29) is 11.9 Å². The van der Waals surface area contributed by atoms with Gasteiger partial charge in [0.25, 0.3) is 0 Å². The van der Waals surface area contributed by atoms with Crippen molar-refractivity contribution in [3.63, 3.8) is 0 Å². The van der Waals surface area contributed by atoms with E-state index in [0.717, 1.165) is 17.2 Å². The molecule has 6 heteroatoms. The zero-order valence-electron chi connectivity index (χ0n) is 9.81. The summed E-state index contributed by atoms with van der Waals surface area (Å²) in [5, 5.41) is 5.97. The fraction of sp³-hybridized carbons (Fsp3) is 0.333. The molecule has 5 nitrogen and oxygen atoms in total. The molecule has 0 bridgehead atoms. The third kappa shape index (κ3) is 3.24. The average molecular weight is 265 g/mol. The van der Waals surface area contributed by atoms with Gasteiger partial charge in [0.15, 0.2) is 0 Å². The van der Waals surface area contributed by atoms with Gasteiger partial charge in [0, 0.05) is 23.7 Å². The van der Waals surface area contributed by atoms with Crippen LogP contribution in [0.2, 0.25) is 0 Å². The predicted octanol–water partition coefficient (Wildman–Crippen LogP) is 0.0642. The van der Waals surface area contributed by atoms with E-state index in [2.05, 4.69) is 10.6 Å². The number of carbonyl (C=O) groups excluding carboxylic acids is 2. The van der Waals surface area contributed by atoms with Crippen LogP contribution in [0.25, 0.3) is 0 Å². The Morgan fingerprint density at radius 2 is 2.11 bits per heavy atom. The van der Waals surface area contributed by atoms with Gasteiger partial charge in [-0.1, -0.05) is 12.1 Å². The first-order valence-electron chi connectivity index (χ1n) is 5.64. The quantitative estimate of drug-likeness (QED) is 0.719. The monoisotopic (exact) mass is 265 g/mol. The zero-order valence-corrected chi connectivity index (χ0v) is 10.6. The van der Waals surface area contributed by atoms with Crippen LogP contribution in [0, 0.1) is 0 Å². The van der Waals surface area contributed by atoms with Crippen molar-refractivity contribution in [2.75, 3.05) is 11.6 Å². The molecule has 1 aromatic carbocycles. The van der Waals surface area contributed by atoms with Gasteiger partial charge in [-0.15, -0.1) is 11.8 Å². The van der Waals surface area contributed by atoms with Crippen LogP contribution >= 0.6 is 11.8 Å². The molecule has 1 aromatic rings. The molecule has 1 aliphatic heterocycles. The zero-order chi connectivity index (χ0) is 13.0. The Morgan fingerprint density at radius 1 is 1.39 bits per heavy atom. The van der Waals surface area contributed by atoms with Gasteiger partial charge in [-0.05, 0) is 17.7 Å². The molecule has 0 radical (unpaired) electrons. The van der Waals surface area contributed by atoms with Crippen molar-refractivity contribution in [2.45, 2.75) is 12.6 Å². The van der Waals surface area contributed by atoms with Crippen molar-refractivity contribution in [2.24, 2.45) is 5.73 Å². The summed E-state index contributed by atoms with van der Waals surface area (Å²) in [5.41, 5.74) is 6.56. The molecule has 1 unspecified atom stereocenters. The van der Waals surface area contributed by atoms with Gasteiger partial charge < -0.3 is 11.1 Å². The highest BCUT2D eigenvalue weighted by atomic mass is 32.2. The lowest BCUT2D eigenvalue weighted by molar-refractivity contribution is -0.122. The molecule has 0 spiro atoms. The predicted molar refractivity (Wildman–Crippen MR) is 71.1 cm³/mol. The van der Waals surface area contributed by atoms with Crippen molar-refractivity contribution in [3.05, 3.63) is 35.4 Å². The lowest BCUT2D eigenvalue weighted by Crippen LogP contribution is -2.41. The minimum Gasteiger partial charge on any atom is -0.366 e. The number of amides is 2. The molecule has 0 aliphatic carbocycles. The molecule has 96 valence electrons. The first-order valence-corrected chi connectivity index (χ1v) is 6.80. The maximum atomic E-state index is 11.7. The van der Waals surface area contributed by atoms with E-state index in [4.69, 9.17) is 5.73 Å². The number of primary amides is 1. The molecule has 1 atom stereocenters. The van der Waals surface area contributed by atoms with E-state index in [1.807, 2.05) is 0 Å². The molecule has 2 amide bonds. The van der Waals surface area contributed by atoms with E-state index >= 15 is 0 Å². The van der Waals surface area contributed by atoms with Crippen LogP contribution in [0.15, 0.2) is 24.3 Å². The second kappa shape index (κ2) is 5.88. The Balaban J connectivity index is 1.86. The van der Waals surface area contributed by atoms with Crippen molar-refractivity contribution in [3.8, 4) is 0 Å². The number of carbonyl (C=O) groups is 2. The number of rotatable bonds is 4. The van der Waals surface area contributed by atoms with E-state index in [1.165, 1.54) is 0 Å². The maximum absolute atomic E-state index is 11.7. The first kappa shape index (κ1) is 12.9. The Morgan fingerprint density at radius 3 is 2.67 bits per heavy atom. The lowest BCUT2D eigenvalue weighted by atomic mass is 10.1.